The van der Waals surface area contributed by atoms with E-state index >= 15 is 0 Å². The molecule has 7 nitrogen and oxygen atoms in total. The van der Waals surface area contributed by atoms with Crippen molar-refractivity contribution < 1.29 is 18.7 Å². The number of halogens is 1. The number of rotatable bonds is 4. The lowest BCUT2D eigenvalue weighted by Crippen LogP contribution is -2.66. The van der Waals surface area contributed by atoms with Crippen LogP contribution >= 0.6 is 0 Å². The Morgan fingerprint density at radius 3 is 2.80 bits per heavy atom. The summed E-state index contributed by atoms with van der Waals surface area (Å²) in [4.78, 5) is 25.9. The number of amides is 1. The highest BCUT2D eigenvalue weighted by molar-refractivity contribution is 5.91. The number of carbonyl (C=O) groups is 1. The molecule has 2 fully saturated rings. The molecule has 2 aromatic heterocycles. The molecule has 0 bridgehead atoms. The van der Waals surface area contributed by atoms with E-state index in [2.05, 4.69) is 15.0 Å². The first-order chi connectivity index (χ1) is 12.2. The third kappa shape index (κ3) is 2.93. The van der Waals surface area contributed by atoms with Crippen LogP contribution in [-0.2, 0) is 4.74 Å². The zero-order chi connectivity index (χ0) is 17.3. The van der Waals surface area contributed by atoms with Crippen molar-refractivity contribution in [2.75, 3.05) is 26.3 Å². The number of likely N-dealkylation sites (tertiary alicyclic amines) is 1. The monoisotopic (exact) mass is 344 g/mol. The van der Waals surface area contributed by atoms with Crippen molar-refractivity contribution in [2.24, 2.45) is 5.92 Å². The van der Waals surface area contributed by atoms with E-state index < -0.39 is 11.4 Å². The highest BCUT2D eigenvalue weighted by Gasteiger charge is 2.55. The third-order valence-corrected chi connectivity index (χ3v) is 4.71. The summed E-state index contributed by atoms with van der Waals surface area (Å²) in [5.41, 5.74) is -0.435. The first kappa shape index (κ1) is 15.9. The second-order valence-electron chi connectivity index (χ2n) is 6.23. The minimum absolute atomic E-state index is 0.00510. The summed E-state index contributed by atoms with van der Waals surface area (Å²) < 4.78 is 25.1. The van der Waals surface area contributed by atoms with Gasteiger partial charge in [-0.15, -0.1) is 0 Å². The van der Waals surface area contributed by atoms with Crippen LogP contribution in [0.4, 0.5) is 4.39 Å². The van der Waals surface area contributed by atoms with Gasteiger partial charge in [0.25, 0.3) is 5.91 Å². The van der Waals surface area contributed by atoms with Gasteiger partial charge in [0.2, 0.25) is 11.7 Å². The number of nitrogens with zero attached hydrogens (tertiary/aromatic N) is 4. The van der Waals surface area contributed by atoms with Crippen LogP contribution in [0.2, 0.25) is 0 Å². The standard InChI is InChI=1S/C17H17FN4O3/c18-13-3-1-5-21-15(13)24-9-12-4-8-25-17(12)10-22(11-17)16(23)14-19-6-2-7-20-14/h1-3,5-7,12H,4,8-11H2/t12-/m1/s1. The Bertz CT molecular complexity index is 767. The van der Waals surface area contributed by atoms with Gasteiger partial charge in [-0.1, -0.05) is 0 Å². The molecule has 130 valence electrons. The van der Waals surface area contributed by atoms with Crippen LogP contribution < -0.4 is 4.74 Å². The minimum Gasteiger partial charge on any atom is -0.475 e. The van der Waals surface area contributed by atoms with Crippen LogP contribution in [0.25, 0.3) is 0 Å². The average Bonchev–Trinajstić information content (AvgIpc) is 3.04. The molecular weight excluding hydrogens is 327 g/mol. The van der Waals surface area contributed by atoms with Gasteiger partial charge in [-0.25, -0.2) is 19.3 Å². The molecule has 2 aliphatic rings. The number of hydrogen-bond acceptors (Lipinski definition) is 6. The van der Waals surface area contributed by atoms with Crippen molar-refractivity contribution in [1.82, 2.24) is 19.9 Å². The van der Waals surface area contributed by atoms with Crippen molar-refractivity contribution in [3.05, 3.63) is 48.4 Å². The van der Waals surface area contributed by atoms with E-state index in [4.69, 9.17) is 9.47 Å². The number of ether oxygens (including phenoxy) is 2. The quantitative estimate of drug-likeness (QED) is 0.833. The van der Waals surface area contributed by atoms with Crippen LogP contribution in [0.1, 0.15) is 17.0 Å². The average molecular weight is 344 g/mol. The van der Waals surface area contributed by atoms with E-state index in [-0.39, 0.29) is 23.5 Å². The Balaban J connectivity index is 1.38. The molecule has 0 saturated carbocycles. The predicted molar refractivity (Wildman–Crippen MR) is 84.4 cm³/mol. The Morgan fingerprint density at radius 1 is 1.28 bits per heavy atom. The van der Waals surface area contributed by atoms with Crippen molar-refractivity contribution in [3.8, 4) is 5.88 Å². The molecule has 4 rings (SSSR count). The molecule has 1 atom stereocenters. The fraction of sp³-hybridized carbons (Fsp3) is 0.412. The summed E-state index contributed by atoms with van der Waals surface area (Å²) in [5.74, 6) is -0.442. The van der Waals surface area contributed by atoms with Gasteiger partial charge < -0.3 is 14.4 Å². The fourth-order valence-corrected chi connectivity index (χ4v) is 3.32. The minimum atomic E-state index is -0.484. The molecule has 25 heavy (non-hydrogen) atoms. The number of aromatic nitrogens is 3. The van der Waals surface area contributed by atoms with Gasteiger partial charge in [-0.3, -0.25) is 4.79 Å². The van der Waals surface area contributed by atoms with E-state index in [1.165, 1.54) is 18.3 Å². The second-order valence-corrected chi connectivity index (χ2v) is 6.23. The van der Waals surface area contributed by atoms with Gasteiger partial charge in [-0.2, -0.15) is 0 Å². The van der Waals surface area contributed by atoms with E-state index in [0.29, 0.717) is 26.3 Å². The van der Waals surface area contributed by atoms with E-state index in [1.807, 2.05) is 0 Å². The van der Waals surface area contributed by atoms with Crippen LogP contribution in [0.15, 0.2) is 36.8 Å². The maximum Gasteiger partial charge on any atom is 0.291 e. The lowest BCUT2D eigenvalue weighted by atomic mass is 9.81. The topological polar surface area (TPSA) is 77.4 Å². The summed E-state index contributed by atoms with van der Waals surface area (Å²) in [6.45, 7) is 1.83. The lowest BCUT2D eigenvalue weighted by molar-refractivity contribution is -0.122. The number of pyridine rings is 1. The molecule has 2 aliphatic heterocycles. The Morgan fingerprint density at radius 2 is 2.04 bits per heavy atom. The summed E-state index contributed by atoms with van der Waals surface area (Å²) in [7, 11) is 0. The molecule has 8 heteroatoms. The van der Waals surface area contributed by atoms with Crippen molar-refractivity contribution in [3.63, 3.8) is 0 Å². The smallest absolute Gasteiger partial charge is 0.291 e. The summed E-state index contributed by atoms with van der Waals surface area (Å²) in [5, 5.41) is 0. The summed E-state index contributed by atoms with van der Waals surface area (Å²) in [6.07, 6.45) is 5.38. The molecule has 0 unspecified atom stereocenters. The normalized spacial score (nSPS) is 21.2. The Kier molecular flexibility index (Phi) is 4.04. The molecule has 1 amide bonds. The molecule has 0 aromatic carbocycles. The lowest BCUT2D eigenvalue weighted by Gasteiger charge is -2.49. The largest absolute Gasteiger partial charge is 0.475 e. The molecule has 0 radical (unpaired) electrons. The molecule has 1 spiro atoms. The number of carbonyl (C=O) groups excluding carboxylic acids is 1. The highest BCUT2D eigenvalue weighted by Crippen LogP contribution is 2.40. The predicted octanol–water partition coefficient (Wildman–Crippen LogP) is 1.32. The molecule has 0 aliphatic carbocycles. The highest BCUT2D eigenvalue weighted by atomic mass is 19.1. The SMILES string of the molecule is O=C(c1ncccn1)N1CC2(C1)OCC[C@@H]2COc1ncccc1F. The Hall–Kier alpha value is -2.61. The van der Waals surface area contributed by atoms with Gasteiger partial charge in [0.15, 0.2) is 5.82 Å². The van der Waals surface area contributed by atoms with Crippen molar-refractivity contribution >= 4 is 5.91 Å². The molecule has 4 heterocycles. The number of hydrogen-bond donors (Lipinski definition) is 0. The van der Waals surface area contributed by atoms with E-state index in [1.54, 1.807) is 23.4 Å². The zero-order valence-corrected chi connectivity index (χ0v) is 13.5. The molecular formula is C17H17FN4O3. The van der Waals surface area contributed by atoms with Gasteiger partial charge in [0, 0.05) is 31.1 Å². The van der Waals surface area contributed by atoms with Gasteiger partial charge in [0.1, 0.15) is 5.60 Å². The fourth-order valence-electron chi connectivity index (χ4n) is 3.32. The van der Waals surface area contributed by atoms with E-state index in [9.17, 15) is 9.18 Å². The molecule has 2 saturated heterocycles. The maximum atomic E-state index is 13.6. The molecule has 2 aromatic rings. The van der Waals surface area contributed by atoms with E-state index in [0.717, 1.165) is 6.42 Å². The first-order valence-corrected chi connectivity index (χ1v) is 8.11. The summed E-state index contributed by atoms with van der Waals surface area (Å²) in [6, 6.07) is 4.49. The zero-order valence-electron chi connectivity index (χ0n) is 13.5. The van der Waals surface area contributed by atoms with Gasteiger partial charge >= 0.3 is 0 Å². The van der Waals surface area contributed by atoms with Crippen molar-refractivity contribution in [1.29, 1.82) is 0 Å². The van der Waals surface area contributed by atoms with Crippen LogP contribution in [0.5, 0.6) is 5.88 Å². The van der Waals surface area contributed by atoms with Crippen LogP contribution in [0, 0.1) is 11.7 Å². The van der Waals surface area contributed by atoms with Crippen LogP contribution in [-0.4, -0.2) is 57.7 Å². The summed E-state index contributed by atoms with van der Waals surface area (Å²) >= 11 is 0. The van der Waals surface area contributed by atoms with Crippen molar-refractivity contribution in [2.45, 2.75) is 12.0 Å². The van der Waals surface area contributed by atoms with Crippen LogP contribution in [0.3, 0.4) is 0 Å². The molecule has 0 N–H and O–H groups in total. The van der Waals surface area contributed by atoms with Gasteiger partial charge in [-0.05, 0) is 24.6 Å². The Labute approximate surface area is 143 Å². The third-order valence-electron chi connectivity index (χ3n) is 4.71. The van der Waals surface area contributed by atoms with Gasteiger partial charge in [0.05, 0.1) is 19.7 Å². The first-order valence-electron chi connectivity index (χ1n) is 8.11. The second kappa shape index (κ2) is 6.36. The maximum absolute atomic E-state index is 13.6.